The molecule has 2 aliphatic rings. The number of fused-ring (bicyclic) bond motifs is 6. The number of alkyl halides is 3. The summed E-state index contributed by atoms with van der Waals surface area (Å²) in [5.41, 5.74) is 4.15. The minimum Gasteiger partial charge on any atom is -0.380 e. The zero-order valence-corrected chi connectivity index (χ0v) is 14.7. The lowest BCUT2D eigenvalue weighted by atomic mass is 9.92. The maximum Gasteiger partial charge on any atom is 0.416 e. The lowest BCUT2D eigenvalue weighted by Crippen LogP contribution is -2.10. The molecule has 27 heavy (non-hydrogen) atoms. The van der Waals surface area contributed by atoms with Gasteiger partial charge in [-0.2, -0.15) is 13.2 Å². The second-order valence-electron chi connectivity index (χ2n) is 7.56. The number of hydrogen-bond donors (Lipinski definition) is 1. The van der Waals surface area contributed by atoms with E-state index in [1.807, 2.05) is 30.3 Å². The van der Waals surface area contributed by atoms with Gasteiger partial charge in [-0.05, 0) is 42.9 Å². The standard InChI is InChI=1S/C22H19F3N2/c23-22(24,25)16-8-9-17-18(11-16)27-20-15-7-6-14(10-15)19(20)21(17)26-12-13-4-2-1-3-5-13/h1-5,8-9,11,14-15H,6-7,10,12H2,(H,26,27). The van der Waals surface area contributed by atoms with Crippen molar-refractivity contribution in [2.75, 3.05) is 5.32 Å². The molecule has 3 aromatic rings. The van der Waals surface area contributed by atoms with Crippen molar-refractivity contribution in [3.8, 4) is 0 Å². The fraction of sp³-hybridized carbons (Fsp3) is 0.318. The maximum absolute atomic E-state index is 13.2. The Morgan fingerprint density at radius 3 is 2.56 bits per heavy atom. The Labute approximate surface area is 155 Å². The third kappa shape index (κ3) is 2.76. The minimum atomic E-state index is -4.36. The highest BCUT2D eigenvalue weighted by Crippen LogP contribution is 2.56. The average Bonchev–Trinajstić information content (AvgIpc) is 3.27. The van der Waals surface area contributed by atoms with Crippen molar-refractivity contribution in [2.24, 2.45) is 0 Å². The van der Waals surface area contributed by atoms with Crippen LogP contribution in [0.4, 0.5) is 18.9 Å². The van der Waals surface area contributed by atoms with Crippen molar-refractivity contribution in [1.82, 2.24) is 4.98 Å². The van der Waals surface area contributed by atoms with Crippen molar-refractivity contribution in [3.05, 3.63) is 70.9 Å². The number of halogens is 3. The average molecular weight is 368 g/mol. The molecule has 0 aliphatic heterocycles. The molecule has 2 nitrogen and oxygen atoms in total. The number of anilines is 1. The molecule has 2 atom stereocenters. The van der Waals surface area contributed by atoms with E-state index in [4.69, 9.17) is 0 Å². The molecule has 0 saturated heterocycles. The van der Waals surface area contributed by atoms with Gasteiger partial charge in [-0.25, -0.2) is 0 Å². The fourth-order valence-electron chi connectivity index (χ4n) is 4.67. The third-order valence-corrected chi connectivity index (χ3v) is 5.92. The normalized spacial score (nSPS) is 20.9. The lowest BCUT2D eigenvalue weighted by molar-refractivity contribution is -0.137. The van der Waals surface area contributed by atoms with Gasteiger partial charge in [0.15, 0.2) is 0 Å². The van der Waals surface area contributed by atoms with Crippen molar-refractivity contribution < 1.29 is 13.2 Å². The molecule has 5 heteroatoms. The Kier molecular flexibility index (Phi) is 3.67. The van der Waals surface area contributed by atoms with Crippen LogP contribution in [0.2, 0.25) is 0 Å². The molecule has 0 radical (unpaired) electrons. The molecule has 2 aliphatic carbocycles. The first-order chi connectivity index (χ1) is 13.0. The van der Waals surface area contributed by atoms with Crippen LogP contribution < -0.4 is 5.32 Å². The number of aromatic nitrogens is 1. The molecule has 1 saturated carbocycles. The Morgan fingerprint density at radius 1 is 1.00 bits per heavy atom. The highest BCUT2D eigenvalue weighted by atomic mass is 19.4. The largest absolute Gasteiger partial charge is 0.416 e. The summed E-state index contributed by atoms with van der Waals surface area (Å²) in [6.45, 7) is 0.644. The minimum absolute atomic E-state index is 0.390. The summed E-state index contributed by atoms with van der Waals surface area (Å²) in [5.74, 6) is 0.865. The summed E-state index contributed by atoms with van der Waals surface area (Å²) < 4.78 is 39.5. The number of hydrogen-bond acceptors (Lipinski definition) is 2. The molecule has 0 spiro atoms. The van der Waals surface area contributed by atoms with E-state index in [0.29, 0.717) is 23.9 Å². The second kappa shape index (κ2) is 5.98. The Hall–Kier alpha value is -2.56. The Morgan fingerprint density at radius 2 is 1.78 bits per heavy atom. The van der Waals surface area contributed by atoms with Gasteiger partial charge >= 0.3 is 6.18 Å². The lowest BCUT2D eigenvalue weighted by Gasteiger charge is -2.22. The van der Waals surface area contributed by atoms with Crippen LogP contribution in [-0.4, -0.2) is 4.98 Å². The van der Waals surface area contributed by atoms with Gasteiger partial charge < -0.3 is 5.32 Å². The van der Waals surface area contributed by atoms with Gasteiger partial charge in [0.1, 0.15) is 0 Å². The molecule has 2 unspecified atom stereocenters. The molecule has 0 amide bonds. The van der Waals surface area contributed by atoms with Crippen LogP contribution in [0.3, 0.4) is 0 Å². The van der Waals surface area contributed by atoms with Gasteiger partial charge in [-0.3, -0.25) is 4.98 Å². The number of pyridine rings is 1. The van der Waals surface area contributed by atoms with Gasteiger partial charge in [-0.15, -0.1) is 0 Å². The van der Waals surface area contributed by atoms with Crippen LogP contribution in [0.15, 0.2) is 48.5 Å². The fourth-order valence-corrected chi connectivity index (χ4v) is 4.67. The topological polar surface area (TPSA) is 24.9 Å². The van der Waals surface area contributed by atoms with Gasteiger partial charge in [-0.1, -0.05) is 36.4 Å². The van der Waals surface area contributed by atoms with Crippen LogP contribution in [-0.2, 0) is 12.7 Å². The SMILES string of the molecule is FC(F)(F)c1ccc2c(NCc3ccccc3)c3c(nc2c1)C1CCC3C1. The summed E-state index contributed by atoms with van der Waals surface area (Å²) in [6, 6.07) is 14.0. The molecule has 2 aromatic carbocycles. The van der Waals surface area contributed by atoms with Crippen molar-refractivity contribution in [2.45, 2.75) is 43.8 Å². The van der Waals surface area contributed by atoms with Crippen LogP contribution in [0.1, 0.15) is 53.5 Å². The van der Waals surface area contributed by atoms with E-state index < -0.39 is 11.7 Å². The van der Waals surface area contributed by atoms with Crippen LogP contribution in [0.5, 0.6) is 0 Å². The zero-order valence-electron chi connectivity index (χ0n) is 14.7. The van der Waals surface area contributed by atoms with Crippen LogP contribution >= 0.6 is 0 Å². The molecule has 1 fully saturated rings. The predicted octanol–water partition coefficient (Wildman–Crippen LogP) is 6.23. The summed E-state index contributed by atoms with van der Waals surface area (Å²) in [7, 11) is 0. The van der Waals surface area contributed by atoms with E-state index in [-0.39, 0.29) is 0 Å². The van der Waals surface area contributed by atoms with Crippen molar-refractivity contribution in [1.29, 1.82) is 0 Å². The van der Waals surface area contributed by atoms with E-state index >= 15 is 0 Å². The smallest absolute Gasteiger partial charge is 0.380 e. The molecular weight excluding hydrogens is 349 g/mol. The van der Waals surface area contributed by atoms with E-state index in [1.54, 1.807) is 6.07 Å². The van der Waals surface area contributed by atoms with E-state index in [0.717, 1.165) is 47.7 Å². The first kappa shape index (κ1) is 16.6. The van der Waals surface area contributed by atoms with Crippen LogP contribution in [0, 0.1) is 0 Å². The summed E-state index contributed by atoms with van der Waals surface area (Å²) in [4.78, 5) is 4.69. The molecular formula is C22H19F3N2. The molecule has 2 bridgehead atoms. The molecule has 1 heterocycles. The molecule has 138 valence electrons. The monoisotopic (exact) mass is 368 g/mol. The zero-order chi connectivity index (χ0) is 18.6. The van der Waals surface area contributed by atoms with Crippen molar-refractivity contribution >= 4 is 16.6 Å². The van der Waals surface area contributed by atoms with E-state index in [9.17, 15) is 13.2 Å². The van der Waals surface area contributed by atoms with E-state index in [1.165, 1.54) is 11.6 Å². The quantitative estimate of drug-likeness (QED) is 0.593. The van der Waals surface area contributed by atoms with Gasteiger partial charge in [0.25, 0.3) is 0 Å². The molecule has 1 aromatic heterocycles. The van der Waals surface area contributed by atoms with E-state index in [2.05, 4.69) is 10.3 Å². The molecule has 1 N–H and O–H groups in total. The van der Waals surface area contributed by atoms with Crippen LogP contribution in [0.25, 0.3) is 10.9 Å². The highest BCUT2D eigenvalue weighted by Gasteiger charge is 2.41. The Bertz CT molecular complexity index is 1010. The summed E-state index contributed by atoms with van der Waals surface area (Å²) in [6.07, 6.45) is -1.05. The first-order valence-corrected chi connectivity index (χ1v) is 9.33. The number of benzene rings is 2. The Balaban J connectivity index is 1.64. The van der Waals surface area contributed by atoms with Gasteiger partial charge in [0.2, 0.25) is 0 Å². The van der Waals surface area contributed by atoms with Gasteiger partial charge in [0, 0.05) is 34.8 Å². The molecule has 5 rings (SSSR count). The first-order valence-electron chi connectivity index (χ1n) is 9.33. The second-order valence-corrected chi connectivity index (χ2v) is 7.56. The number of nitrogens with one attached hydrogen (secondary N) is 1. The number of nitrogens with zero attached hydrogens (tertiary/aromatic N) is 1. The number of rotatable bonds is 3. The van der Waals surface area contributed by atoms with Gasteiger partial charge in [0.05, 0.1) is 11.1 Å². The summed E-state index contributed by atoms with van der Waals surface area (Å²) in [5, 5.41) is 4.31. The third-order valence-electron chi connectivity index (χ3n) is 5.92. The predicted molar refractivity (Wildman–Crippen MR) is 99.8 cm³/mol. The highest BCUT2D eigenvalue weighted by molar-refractivity contribution is 5.94. The van der Waals surface area contributed by atoms with Crippen molar-refractivity contribution in [3.63, 3.8) is 0 Å². The summed E-state index contributed by atoms with van der Waals surface area (Å²) >= 11 is 0. The maximum atomic E-state index is 13.2.